The number of hydrogen-bond donors (Lipinski definition) is 2. The summed E-state index contributed by atoms with van der Waals surface area (Å²) in [7, 11) is 0. The van der Waals surface area contributed by atoms with Gasteiger partial charge in [0.1, 0.15) is 0 Å². The Morgan fingerprint density at radius 2 is 2.06 bits per heavy atom. The lowest BCUT2D eigenvalue weighted by atomic mass is 10.0. The molecule has 0 radical (unpaired) electrons. The Morgan fingerprint density at radius 1 is 1.24 bits per heavy atom. The van der Waals surface area contributed by atoms with Crippen molar-refractivity contribution in [3.63, 3.8) is 0 Å². The second-order valence-corrected chi connectivity index (χ2v) is 6.68. The normalized spacial score (nSPS) is 21.0. The minimum absolute atomic E-state index is 0.703. The van der Waals surface area contributed by atoms with Crippen LogP contribution in [-0.2, 0) is 0 Å². The van der Waals surface area contributed by atoms with Crippen LogP contribution in [0.4, 0.5) is 0 Å². The maximum Gasteiger partial charge on any atom is 0.0283 e. The van der Waals surface area contributed by atoms with Crippen molar-refractivity contribution in [2.75, 3.05) is 31.1 Å². The molecule has 1 aliphatic rings. The van der Waals surface area contributed by atoms with E-state index in [0.29, 0.717) is 6.04 Å². The summed E-state index contributed by atoms with van der Waals surface area (Å²) in [6.07, 6.45) is 6.97. The zero-order chi connectivity index (χ0) is 12.3. The Morgan fingerprint density at radius 3 is 2.76 bits per heavy atom. The Bertz CT molecular complexity index is 168. The number of nitrogens with one attached hydrogen (secondary N) is 2. The van der Waals surface area contributed by atoms with Crippen LogP contribution in [0.3, 0.4) is 0 Å². The van der Waals surface area contributed by atoms with E-state index in [4.69, 9.17) is 0 Å². The summed E-state index contributed by atoms with van der Waals surface area (Å²) in [5, 5.41) is 7.14. The van der Waals surface area contributed by atoms with Crippen LogP contribution in [-0.4, -0.2) is 37.2 Å². The Balaban J connectivity index is 1.78. The number of rotatable bonds is 9. The van der Waals surface area contributed by atoms with Crippen molar-refractivity contribution in [2.24, 2.45) is 5.92 Å². The molecule has 1 rings (SSSR count). The largest absolute Gasteiger partial charge is 0.315 e. The Hall–Kier alpha value is 0.270. The molecule has 2 N–H and O–H groups in total. The van der Waals surface area contributed by atoms with Gasteiger partial charge in [0.2, 0.25) is 0 Å². The molecule has 1 heterocycles. The summed E-state index contributed by atoms with van der Waals surface area (Å²) in [5.41, 5.74) is 0. The highest BCUT2D eigenvalue weighted by atomic mass is 32.2. The van der Waals surface area contributed by atoms with E-state index < -0.39 is 0 Å². The van der Waals surface area contributed by atoms with Gasteiger partial charge in [-0.3, -0.25) is 0 Å². The topological polar surface area (TPSA) is 24.1 Å². The molecule has 1 aliphatic heterocycles. The highest BCUT2D eigenvalue weighted by molar-refractivity contribution is 7.99. The molecule has 3 heteroatoms. The van der Waals surface area contributed by atoms with E-state index in [0.717, 1.165) is 12.5 Å². The first kappa shape index (κ1) is 15.3. The fraction of sp³-hybridized carbons (Fsp3) is 1.00. The molecule has 0 bridgehead atoms. The first-order valence-corrected chi connectivity index (χ1v) is 8.46. The van der Waals surface area contributed by atoms with E-state index in [9.17, 15) is 0 Å². The third-order valence-electron chi connectivity index (χ3n) is 3.27. The SMILES string of the molecule is CC(C)CCCCCCNCC1CSCCN1. The Labute approximate surface area is 112 Å². The van der Waals surface area contributed by atoms with Gasteiger partial charge < -0.3 is 10.6 Å². The lowest BCUT2D eigenvalue weighted by Gasteiger charge is -2.23. The van der Waals surface area contributed by atoms with Crippen molar-refractivity contribution >= 4 is 11.8 Å². The fourth-order valence-electron chi connectivity index (χ4n) is 2.18. The fourth-order valence-corrected chi connectivity index (χ4v) is 3.13. The van der Waals surface area contributed by atoms with Crippen LogP contribution < -0.4 is 10.6 Å². The number of unbranched alkanes of at least 4 members (excludes halogenated alkanes) is 3. The monoisotopic (exact) mass is 258 g/mol. The van der Waals surface area contributed by atoms with E-state index in [-0.39, 0.29) is 0 Å². The maximum atomic E-state index is 3.58. The van der Waals surface area contributed by atoms with Gasteiger partial charge in [-0.15, -0.1) is 0 Å². The van der Waals surface area contributed by atoms with Gasteiger partial charge >= 0.3 is 0 Å². The van der Waals surface area contributed by atoms with Gasteiger partial charge in [-0.05, 0) is 18.9 Å². The summed E-state index contributed by atoms with van der Waals surface area (Å²) >= 11 is 2.08. The molecule has 1 atom stereocenters. The van der Waals surface area contributed by atoms with Gasteiger partial charge in [0, 0.05) is 30.6 Å². The van der Waals surface area contributed by atoms with Crippen LogP contribution >= 0.6 is 11.8 Å². The molecule has 0 amide bonds. The second kappa shape index (κ2) is 10.2. The summed E-state index contributed by atoms with van der Waals surface area (Å²) in [5.74, 6) is 3.44. The van der Waals surface area contributed by atoms with E-state index >= 15 is 0 Å². The average molecular weight is 258 g/mol. The van der Waals surface area contributed by atoms with Crippen molar-refractivity contribution < 1.29 is 0 Å². The average Bonchev–Trinajstić information content (AvgIpc) is 2.33. The lowest BCUT2D eigenvalue weighted by molar-refractivity contribution is 0.488. The van der Waals surface area contributed by atoms with Gasteiger partial charge in [-0.2, -0.15) is 11.8 Å². The van der Waals surface area contributed by atoms with Gasteiger partial charge in [-0.1, -0.05) is 39.5 Å². The smallest absolute Gasteiger partial charge is 0.0283 e. The molecule has 17 heavy (non-hydrogen) atoms. The molecule has 0 spiro atoms. The summed E-state index contributed by atoms with van der Waals surface area (Å²) < 4.78 is 0. The molecule has 0 aliphatic carbocycles. The molecule has 0 aromatic rings. The molecule has 0 aromatic heterocycles. The number of thioether (sulfide) groups is 1. The van der Waals surface area contributed by atoms with E-state index in [1.165, 1.54) is 56.7 Å². The van der Waals surface area contributed by atoms with Crippen LogP contribution in [0.2, 0.25) is 0 Å². The van der Waals surface area contributed by atoms with E-state index in [2.05, 4.69) is 36.2 Å². The van der Waals surface area contributed by atoms with E-state index in [1.54, 1.807) is 0 Å². The van der Waals surface area contributed by atoms with Crippen molar-refractivity contribution in [1.82, 2.24) is 10.6 Å². The summed E-state index contributed by atoms with van der Waals surface area (Å²) in [6.45, 7) is 8.17. The van der Waals surface area contributed by atoms with Crippen LogP contribution in [0, 0.1) is 5.92 Å². The van der Waals surface area contributed by atoms with Gasteiger partial charge in [0.15, 0.2) is 0 Å². The predicted molar refractivity (Wildman–Crippen MR) is 79.9 cm³/mol. The quantitative estimate of drug-likeness (QED) is 0.622. The summed E-state index contributed by atoms with van der Waals surface area (Å²) in [6, 6.07) is 0.703. The third kappa shape index (κ3) is 8.92. The first-order valence-electron chi connectivity index (χ1n) is 7.31. The van der Waals surface area contributed by atoms with E-state index in [1.807, 2.05) is 0 Å². The lowest BCUT2D eigenvalue weighted by Crippen LogP contribution is -2.44. The standard InChI is InChI=1S/C14H30N2S/c1-13(2)7-5-3-4-6-8-15-11-14-12-17-10-9-16-14/h13-16H,3-12H2,1-2H3. The molecule has 2 nitrogen and oxygen atoms in total. The number of hydrogen-bond acceptors (Lipinski definition) is 3. The van der Waals surface area contributed by atoms with Crippen molar-refractivity contribution in [2.45, 2.75) is 52.0 Å². The molecular weight excluding hydrogens is 228 g/mol. The van der Waals surface area contributed by atoms with Crippen LogP contribution in [0.25, 0.3) is 0 Å². The van der Waals surface area contributed by atoms with Crippen LogP contribution in [0.15, 0.2) is 0 Å². The highest BCUT2D eigenvalue weighted by Crippen LogP contribution is 2.09. The van der Waals surface area contributed by atoms with Crippen molar-refractivity contribution in [3.8, 4) is 0 Å². The molecule has 1 unspecified atom stereocenters. The minimum atomic E-state index is 0.703. The van der Waals surface area contributed by atoms with Gasteiger partial charge in [0.25, 0.3) is 0 Å². The Kier molecular flexibility index (Phi) is 9.21. The highest BCUT2D eigenvalue weighted by Gasteiger charge is 2.11. The molecule has 102 valence electrons. The van der Waals surface area contributed by atoms with Gasteiger partial charge in [-0.25, -0.2) is 0 Å². The second-order valence-electron chi connectivity index (χ2n) is 5.53. The molecule has 1 fully saturated rings. The van der Waals surface area contributed by atoms with Crippen molar-refractivity contribution in [3.05, 3.63) is 0 Å². The minimum Gasteiger partial charge on any atom is -0.315 e. The molecular formula is C14H30N2S. The zero-order valence-corrected chi connectivity index (χ0v) is 12.5. The maximum absolute atomic E-state index is 3.58. The molecule has 0 aromatic carbocycles. The predicted octanol–water partition coefficient (Wildman–Crippen LogP) is 2.89. The zero-order valence-electron chi connectivity index (χ0n) is 11.6. The third-order valence-corrected chi connectivity index (χ3v) is 4.41. The summed E-state index contributed by atoms with van der Waals surface area (Å²) in [4.78, 5) is 0. The van der Waals surface area contributed by atoms with Crippen LogP contribution in [0.5, 0.6) is 0 Å². The van der Waals surface area contributed by atoms with Gasteiger partial charge in [0.05, 0.1) is 0 Å². The molecule has 1 saturated heterocycles. The van der Waals surface area contributed by atoms with Crippen LogP contribution in [0.1, 0.15) is 46.0 Å². The van der Waals surface area contributed by atoms with Crippen molar-refractivity contribution in [1.29, 1.82) is 0 Å². The first-order chi connectivity index (χ1) is 8.29. The molecule has 0 saturated carbocycles.